The Bertz CT molecular complexity index is 840. The van der Waals surface area contributed by atoms with Gasteiger partial charge in [-0.1, -0.05) is 42.1 Å². The Morgan fingerprint density at radius 1 is 1.22 bits per heavy atom. The molecule has 2 amide bonds. The average Bonchev–Trinajstić information content (AvgIpc) is 2.69. The van der Waals surface area contributed by atoms with Crippen molar-refractivity contribution in [1.82, 2.24) is 10.2 Å². The molecule has 1 aliphatic heterocycles. The molecule has 0 spiro atoms. The Balaban J connectivity index is 1.84. The largest absolute Gasteiger partial charge is 0.358 e. The maximum Gasteiger partial charge on any atom is 0.233 e. The first kappa shape index (κ1) is 19.1. The van der Waals surface area contributed by atoms with E-state index in [1.807, 2.05) is 30.3 Å². The van der Waals surface area contributed by atoms with Crippen LogP contribution < -0.4 is 5.32 Å². The number of halogens is 1. The van der Waals surface area contributed by atoms with Crippen LogP contribution >= 0.6 is 11.8 Å². The average molecular weight is 385 g/mol. The fraction of sp³-hybridized carbons (Fsp3) is 0.250. The van der Waals surface area contributed by atoms with E-state index in [9.17, 15) is 14.0 Å². The molecular weight excluding hydrogens is 365 g/mol. The Kier molecular flexibility index (Phi) is 6.24. The van der Waals surface area contributed by atoms with Crippen molar-refractivity contribution in [3.8, 4) is 0 Å². The minimum Gasteiger partial charge on any atom is -0.358 e. The molecule has 0 saturated carbocycles. The van der Waals surface area contributed by atoms with Crippen LogP contribution in [0, 0.1) is 5.82 Å². The van der Waals surface area contributed by atoms with Gasteiger partial charge in [0, 0.05) is 20.0 Å². The van der Waals surface area contributed by atoms with Gasteiger partial charge in [0.15, 0.2) is 5.17 Å². The molecule has 5 nitrogen and oxygen atoms in total. The van der Waals surface area contributed by atoms with Gasteiger partial charge in [0.05, 0.1) is 10.9 Å². The molecule has 1 N–H and O–H groups in total. The van der Waals surface area contributed by atoms with Crippen LogP contribution in [-0.2, 0) is 16.0 Å². The number of nitrogens with zero attached hydrogens (tertiary/aromatic N) is 2. The molecule has 1 unspecified atom stereocenters. The highest BCUT2D eigenvalue weighted by atomic mass is 32.2. The van der Waals surface area contributed by atoms with Gasteiger partial charge in [-0.15, -0.1) is 0 Å². The minimum absolute atomic E-state index is 0.127. The minimum atomic E-state index is -0.519. The summed E-state index contributed by atoms with van der Waals surface area (Å²) in [7, 11) is 1.55. The lowest BCUT2D eigenvalue weighted by Crippen LogP contribution is -2.46. The molecule has 2 aromatic rings. The van der Waals surface area contributed by atoms with E-state index in [-0.39, 0.29) is 24.1 Å². The quantitative estimate of drug-likeness (QED) is 0.860. The third-order valence-corrected chi connectivity index (χ3v) is 5.38. The van der Waals surface area contributed by atoms with E-state index in [0.29, 0.717) is 23.8 Å². The zero-order chi connectivity index (χ0) is 19.2. The summed E-state index contributed by atoms with van der Waals surface area (Å²) < 4.78 is 13.2. The monoisotopic (exact) mass is 385 g/mol. The number of amides is 2. The fourth-order valence-corrected chi connectivity index (χ4v) is 3.92. The summed E-state index contributed by atoms with van der Waals surface area (Å²) in [4.78, 5) is 30.8. The van der Waals surface area contributed by atoms with E-state index in [1.165, 1.54) is 23.9 Å². The van der Waals surface area contributed by atoms with Gasteiger partial charge in [0.2, 0.25) is 11.8 Å². The van der Waals surface area contributed by atoms with E-state index in [0.717, 1.165) is 5.56 Å². The number of aliphatic imine (C=N–C) groups is 1. The lowest BCUT2D eigenvalue weighted by molar-refractivity contribution is -0.130. The maximum absolute atomic E-state index is 13.2. The van der Waals surface area contributed by atoms with E-state index in [1.54, 1.807) is 24.1 Å². The smallest absolute Gasteiger partial charge is 0.233 e. The third-order valence-electron chi connectivity index (χ3n) is 4.20. The van der Waals surface area contributed by atoms with Crippen molar-refractivity contribution in [2.75, 3.05) is 13.6 Å². The van der Waals surface area contributed by atoms with Crippen LogP contribution in [-0.4, -0.2) is 40.7 Å². The van der Waals surface area contributed by atoms with Crippen LogP contribution in [0.15, 0.2) is 59.6 Å². The number of benzene rings is 2. The van der Waals surface area contributed by atoms with Gasteiger partial charge in [-0.2, -0.15) is 0 Å². The molecule has 0 aliphatic carbocycles. The van der Waals surface area contributed by atoms with E-state index in [4.69, 9.17) is 0 Å². The number of hydrogen-bond donors (Lipinski definition) is 1. The number of thioether (sulfide) groups is 1. The normalized spacial score (nSPS) is 18.6. The van der Waals surface area contributed by atoms with Gasteiger partial charge < -0.3 is 5.32 Å². The second kappa shape index (κ2) is 8.81. The highest BCUT2D eigenvalue weighted by molar-refractivity contribution is 8.15. The second-order valence-electron chi connectivity index (χ2n) is 6.08. The summed E-state index contributed by atoms with van der Waals surface area (Å²) in [6, 6.07) is 15.6. The summed E-state index contributed by atoms with van der Waals surface area (Å²) in [6.45, 7) is 0.469. The number of carbonyl (C=O) groups is 2. The maximum atomic E-state index is 13.2. The van der Waals surface area contributed by atoms with Gasteiger partial charge in [-0.05, 0) is 36.2 Å². The van der Waals surface area contributed by atoms with Crippen LogP contribution in [0.5, 0.6) is 0 Å². The third kappa shape index (κ3) is 4.95. The van der Waals surface area contributed by atoms with Crippen LogP contribution in [0.4, 0.5) is 10.1 Å². The predicted octanol–water partition coefficient (Wildman–Crippen LogP) is 3.14. The molecule has 0 aromatic heterocycles. The zero-order valence-electron chi connectivity index (χ0n) is 14.9. The molecule has 1 atom stereocenters. The molecule has 1 aliphatic rings. The molecule has 1 heterocycles. The zero-order valence-corrected chi connectivity index (χ0v) is 15.7. The summed E-state index contributed by atoms with van der Waals surface area (Å²) in [5.41, 5.74) is 1.65. The van der Waals surface area contributed by atoms with E-state index in [2.05, 4.69) is 10.3 Å². The first-order chi connectivity index (χ1) is 13.1. The van der Waals surface area contributed by atoms with Crippen molar-refractivity contribution in [1.29, 1.82) is 0 Å². The molecular formula is C20H20FN3O2S. The van der Waals surface area contributed by atoms with Crippen LogP contribution in [0.2, 0.25) is 0 Å². The second-order valence-corrected chi connectivity index (χ2v) is 7.25. The molecule has 0 radical (unpaired) electrons. The van der Waals surface area contributed by atoms with Crippen molar-refractivity contribution >= 4 is 34.4 Å². The Hall–Kier alpha value is -2.67. The van der Waals surface area contributed by atoms with E-state index < -0.39 is 5.25 Å². The van der Waals surface area contributed by atoms with Gasteiger partial charge in [0.1, 0.15) is 5.82 Å². The first-order valence-corrected chi connectivity index (χ1v) is 9.51. The number of carbonyl (C=O) groups excluding carboxylic acids is 2. The lowest BCUT2D eigenvalue weighted by atomic mass is 10.1. The van der Waals surface area contributed by atoms with Crippen molar-refractivity contribution in [3.05, 3.63) is 66.0 Å². The van der Waals surface area contributed by atoms with Crippen LogP contribution in [0.3, 0.4) is 0 Å². The van der Waals surface area contributed by atoms with Crippen molar-refractivity contribution in [2.45, 2.75) is 18.1 Å². The van der Waals surface area contributed by atoms with Crippen LogP contribution in [0.1, 0.15) is 12.0 Å². The lowest BCUT2D eigenvalue weighted by Gasteiger charge is -2.31. The predicted molar refractivity (Wildman–Crippen MR) is 105 cm³/mol. The highest BCUT2D eigenvalue weighted by Gasteiger charge is 2.35. The van der Waals surface area contributed by atoms with Crippen molar-refractivity contribution < 1.29 is 14.0 Å². The van der Waals surface area contributed by atoms with Gasteiger partial charge in [-0.25, -0.2) is 9.38 Å². The summed E-state index contributed by atoms with van der Waals surface area (Å²) >= 11 is 1.26. The molecule has 140 valence electrons. The number of amidine groups is 1. The number of hydrogen-bond acceptors (Lipinski definition) is 4. The molecule has 0 bridgehead atoms. The number of rotatable bonds is 5. The number of nitrogens with one attached hydrogen (secondary N) is 1. The summed E-state index contributed by atoms with van der Waals surface area (Å²) in [5.74, 6) is -0.697. The summed E-state index contributed by atoms with van der Waals surface area (Å²) in [5, 5.41) is 2.53. The molecule has 2 aromatic carbocycles. The molecule has 1 saturated heterocycles. The van der Waals surface area contributed by atoms with Crippen molar-refractivity contribution in [2.24, 2.45) is 4.99 Å². The summed E-state index contributed by atoms with van der Waals surface area (Å²) in [6.07, 6.45) is 0.807. The molecule has 1 fully saturated rings. The Morgan fingerprint density at radius 2 is 1.93 bits per heavy atom. The van der Waals surface area contributed by atoms with Crippen LogP contribution in [0.25, 0.3) is 0 Å². The van der Waals surface area contributed by atoms with Gasteiger partial charge in [-0.3, -0.25) is 14.5 Å². The Morgan fingerprint density at radius 3 is 2.59 bits per heavy atom. The highest BCUT2D eigenvalue weighted by Crippen LogP contribution is 2.29. The Labute approximate surface area is 161 Å². The fourth-order valence-electron chi connectivity index (χ4n) is 2.73. The SMILES string of the molecule is CNC(=O)C1CC(=O)N(CCc2ccccc2)C(=Nc2ccc(F)cc2)S1. The van der Waals surface area contributed by atoms with Crippen molar-refractivity contribution in [3.63, 3.8) is 0 Å². The van der Waals surface area contributed by atoms with E-state index >= 15 is 0 Å². The molecule has 7 heteroatoms. The molecule has 27 heavy (non-hydrogen) atoms. The standard InChI is InChI=1S/C20H20FN3O2S/c1-22-19(26)17-13-18(25)24(12-11-14-5-3-2-4-6-14)20(27-17)23-16-9-7-15(21)8-10-16/h2-10,17H,11-13H2,1H3,(H,22,26). The van der Waals surface area contributed by atoms with Gasteiger partial charge >= 0.3 is 0 Å². The molecule has 3 rings (SSSR count). The van der Waals surface area contributed by atoms with Gasteiger partial charge in [0.25, 0.3) is 0 Å². The topological polar surface area (TPSA) is 61.8 Å². The first-order valence-electron chi connectivity index (χ1n) is 8.63.